The van der Waals surface area contributed by atoms with Crippen molar-refractivity contribution in [2.24, 2.45) is 5.16 Å². The molecule has 4 N–H and O–H groups in total. The van der Waals surface area contributed by atoms with Gasteiger partial charge in [0.05, 0.1) is 18.5 Å². The molecular weight excluding hydrogens is 268 g/mol. The minimum Gasteiger partial charge on any atom is -0.394 e. The van der Waals surface area contributed by atoms with Gasteiger partial charge in [0.25, 0.3) is 6.29 Å². The lowest BCUT2D eigenvalue weighted by Gasteiger charge is -2.38. The molecule has 0 amide bonds. The molecule has 20 heavy (non-hydrogen) atoms. The molecule has 0 spiro atoms. The van der Waals surface area contributed by atoms with Crippen LogP contribution in [0.3, 0.4) is 0 Å². The van der Waals surface area contributed by atoms with Crippen molar-refractivity contribution in [3.8, 4) is 0 Å². The summed E-state index contributed by atoms with van der Waals surface area (Å²) in [5.41, 5.74) is 0.539. The van der Waals surface area contributed by atoms with E-state index in [9.17, 15) is 15.3 Å². The molecule has 1 fully saturated rings. The van der Waals surface area contributed by atoms with E-state index in [4.69, 9.17) is 14.7 Å². The van der Waals surface area contributed by atoms with E-state index in [1.54, 1.807) is 24.4 Å². The lowest BCUT2D eigenvalue weighted by molar-refractivity contribution is -0.301. The summed E-state index contributed by atoms with van der Waals surface area (Å²) in [6, 6.07) is 5.21. The Morgan fingerprint density at radius 2 is 2.05 bits per heavy atom. The van der Waals surface area contributed by atoms with E-state index in [0.717, 1.165) is 0 Å². The maximum atomic E-state index is 9.69. The van der Waals surface area contributed by atoms with E-state index in [1.165, 1.54) is 6.21 Å². The van der Waals surface area contributed by atoms with Gasteiger partial charge in [-0.2, -0.15) is 0 Å². The fourth-order valence-corrected chi connectivity index (χ4v) is 1.75. The van der Waals surface area contributed by atoms with Gasteiger partial charge in [-0.15, -0.1) is 0 Å². The normalized spacial score (nSPS) is 34.3. The largest absolute Gasteiger partial charge is 0.394 e. The highest BCUT2D eigenvalue weighted by molar-refractivity contribution is 5.76. The number of pyridine rings is 1. The third-order valence-corrected chi connectivity index (χ3v) is 2.89. The van der Waals surface area contributed by atoms with Crippen molar-refractivity contribution in [2.45, 2.75) is 30.7 Å². The number of oxime groups is 1. The van der Waals surface area contributed by atoms with Gasteiger partial charge >= 0.3 is 0 Å². The third-order valence-electron chi connectivity index (χ3n) is 2.89. The van der Waals surface area contributed by atoms with Crippen LogP contribution in [0.4, 0.5) is 0 Å². The average Bonchev–Trinajstić information content (AvgIpc) is 2.48. The number of hydrogen-bond donors (Lipinski definition) is 4. The maximum absolute atomic E-state index is 9.69. The Kier molecular flexibility index (Phi) is 4.99. The molecule has 0 aliphatic carbocycles. The monoisotopic (exact) mass is 284 g/mol. The minimum absolute atomic E-state index is 0.519. The van der Waals surface area contributed by atoms with Crippen LogP contribution in [0.25, 0.3) is 0 Å². The molecule has 1 aromatic heterocycles. The van der Waals surface area contributed by atoms with Crippen molar-refractivity contribution in [1.29, 1.82) is 0 Å². The molecule has 5 atom stereocenters. The fourth-order valence-electron chi connectivity index (χ4n) is 1.75. The van der Waals surface area contributed by atoms with Gasteiger partial charge in [0.1, 0.15) is 24.4 Å². The SMILES string of the molecule is OC[C@H]1O[C@@H](O/N=C/c2ccccn2)[C@H](O)[C@@H](O)[C@H]1O. The topological polar surface area (TPSA) is 125 Å². The lowest BCUT2D eigenvalue weighted by Crippen LogP contribution is -2.58. The number of aromatic nitrogens is 1. The summed E-state index contributed by atoms with van der Waals surface area (Å²) in [5, 5.41) is 41.4. The van der Waals surface area contributed by atoms with Gasteiger partial charge < -0.3 is 30.0 Å². The number of rotatable bonds is 4. The van der Waals surface area contributed by atoms with Crippen LogP contribution in [-0.4, -0.2) is 68.9 Å². The van der Waals surface area contributed by atoms with Gasteiger partial charge in [-0.1, -0.05) is 11.2 Å². The van der Waals surface area contributed by atoms with Gasteiger partial charge in [0.2, 0.25) is 0 Å². The van der Waals surface area contributed by atoms with E-state index in [0.29, 0.717) is 5.69 Å². The standard InChI is InChI=1S/C12H16N2O6/c15-6-8-9(16)10(17)11(18)12(19-8)20-14-5-7-3-1-2-4-13-7/h1-5,8-12,15-18H,6H2/b14-5+/t8-,9+,10+,11-,12+/m1/s1. The van der Waals surface area contributed by atoms with Crippen LogP contribution in [0.15, 0.2) is 29.6 Å². The minimum atomic E-state index is -1.49. The second kappa shape index (κ2) is 6.73. The van der Waals surface area contributed by atoms with Gasteiger partial charge in [-0.3, -0.25) is 4.98 Å². The average molecular weight is 284 g/mol. The van der Waals surface area contributed by atoms with Gasteiger partial charge in [0, 0.05) is 6.20 Å². The molecule has 110 valence electrons. The lowest BCUT2D eigenvalue weighted by atomic mass is 9.99. The molecule has 1 saturated heterocycles. The van der Waals surface area contributed by atoms with Crippen LogP contribution >= 0.6 is 0 Å². The summed E-state index contributed by atoms with van der Waals surface area (Å²) < 4.78 is 5.10. The molecule has 8 nitrogen and oxygen atoms in total. The zero-order chi connectivity index (χ0) is 14.5. The first-order valence-electron chi connectivity index (χ1n) is 6.04. The Labute approximate surface area is 114 Å². The van der Waals surface area contributed by atoms with E-state index in [1.807, 2.05) is 0 Å². The van der Waals surface area contributed by atoms with E-state index < -0.39 is 37.3 Å². The Balaban J connectivity index is 1.96. The Hall–Kier alpha value is -1.58. The van der Waals surface area contributed by atoms with Crippen LogP contribution in [0.2, 0.25) is 0 Å². The van der Waals surface area contributed by atoms with Crippen LogP contribution in [-0.2, 0) is 9.57 Å². The number of aliphatic hydroxyl groups is 4. The highest BCUT2D eigenvalue weighted by Gasteiger charge is 2.44. The van der Waals surface area contributed by atoms with Crippen molar-refractivity contribution >= 4 is 6.21 Å². The molecule has 1 aliphatic rings. The first-order valence-corrected chi connectivity index (χ1v) is 6.04. The van der Waals surface area contributed by atoms with Crippen molar-refractivity contribution < 1.29 is 30.0 Å². The van der Waals surface area contributed by atoms with Crippen molar-refractivity contribution in [2.75, 3.05) is 6.61 Å². The molecule has 2 heterocycles. The first-order chi connectivity index (χ1) is 9.63. The summed E-state index contributed by atoms with van der Waals surface area (Å²) >= 11 is 0. The van der Waals surface area contributed by atoms with E-state index >= 15 is 0 Å². The highest BCUT2D eigenvalue weighted by Crippen LogP contribution is 2.21. The van der Waals surface area contributed by atoms with E-state index in [-0.39, 0.29) is 0 Å². The first kappa shape index (κ1) is 14.8. The van der Waals surface area contributed by atoms with Crippen LogP contribution in [0.5, 0.6) is 0 Å². The number of nitrogens with zero attached hydrogens (tertiary/aromatic N) is 2. The molecule has 0 radical (unpaired) electrons. The summed E-state index contributed by atoms with van der Waals surface area (Å²) in [7, 11) is 0. The molecule has 8 heteroatoms. The molecule has 0 saturated carbocycles. The number of aliphatic hydroxyl groups excluding tert-OH is 4. The van der Waals surface area contributed by atoms with Crippen molar-refractivity contribution in [1.82, 2.24) is 4.98 Å². The number of hydrogen-bond acceptors (Lipinski definition) is 8. The summed E-state index contributed by atoms with van der Waals surface area (Å²) in [6.07, 6.45) is -3.82. The molecule has 1 aromatic rings. The predicted molar refractivity (Wildman–Crippen MR) is 66.7 cm³/mol. The Morgan fingerprint density at radius 1 is 1.25 bits per heavy atom. The van der Waals surface area contributed by atoms with Crippen LogP contribution < -0.4 is 0 Å². The summed E-state index contributed by atoms with van der Waals surface area (Å²) in [4.78, 5) is 8.90. The summed E-state index contributed by atoms with van der Waals surface area (Å²) in [6.45, 7) is -0.519. The molecule has 1 aliphatic heterocycles. The highest BCUT2D eigenvalue weighted by atomic mass is 16.8. The van der Waals surface area contributed by atoms with Crippen LogP contribution in [0.1, 0.15) is 5.69 Å². The van der Waals surface area contributed by atoms with E-state index in [2.05, 4.69) is 10.1 Å². The van der Waals surface area contributed by atoms with Gasteiger partial charge in [-0.05, 0) is 12.1 Å². The van der Waals surface area contributed by atoms with Crippen molar-refractivity contribution in [3.63, 3.8) is 0 Å². The fraction of sp³-hybridized carbons (Fsp3) is 0.500. The molecule has 0 bridgehead atoms. The van der Waals surface area contributed by atoms with Crippen molar-refractivity contribution in [3.05, 3.63) is 30.1 Å². The third kappa shape index (κ3) is 3.30. The quantitative estimate of drug-likeness (QED) is 0.381. The molecular formula is C12H16N2O6. The van der Waals surface area contributed by atoms with Crippen LogP contribution in [0, 0.1) is 0 Å². The Morgan fingerprint density at radius 3 is 2.70 bits per heavy atom. The molecule has 2 rings (SSSR count). The maximum Gasteiger partial charge on any atom is 0.256 e. The zero-order valence-electron chi connectivity index (χ0n) is 10.5. The van der Waals surface area contributed by atoms with Gasteiger partial charge in [0.15, 0.2) is 0 Å². The van der Waals surface area contributed by atoms with Gasteiger partial charge in [-0.25, -0.2) is 0 Å². The number of ether oxygens (including phenoxy) is 1. The Bertz CT molecular complexity index is 441. The predicted octanol–water partition coefficient (Wildman–Crippen LogP) is -1.77. The second-order valence-corrected chi connectivity index (χ2v) is 4.29. The smallest absolute Gasteiger partial charge is 0.256 e. The zero-order valence-corrected chi connectivity index (χ0v) is 10.5. The summed E-state index contributed by atoms with van der Waals surface area (Å²) in [5.74, 6) is 0. The molecule has 0 aromatic carbocycles. The second-order valence-electron chi connectivity index (χ2n) is 4.29. The molecule has 0 unspecified atom stereocenters.